The Balaban J connectivity index is 2.45. The lowest BCUT2D eigenvalue weighted by Gasteiger charge is -2.41. The first kappa shape index (κ1) is 16.9. The topological polar surface area (TPSA) is 18.5 Å². The molecule has 0 aromatic heterocycles. The minimum absolute atomic E-state index is 0.655. The number of piperidine rings is 1. The van der Waals surface area contributed by atoms with Gasteiger partial charge in [0.1, 0.15) is 0 Å². The summed E-state index contributed by atoms with van der Waals surface area (Å²) in [6.07, 6.45) is 2.55. The van der Waals surface area contributed by atoms with Crippen molar-refractivity contribution in [3.8, 4) is 0 Å². The van der Waals surface area contributed by atoms with E-state index >= 15 is 0 Å². The molecule has 1 fully saturated rings. The highest BCUT2D eigenvalue weighted by molar-refractivity contribution is 4.87. The van der Waals surface area contributed by atoms with Crippen LogP contribution in [0.25, 0.3) is 0 Å². The third-order valence-corrected chi connectivity index (χ3v) is 4.70. The van der Waals surface area contributed by atoms with E-state index in [1.165, 1.54) is 19.4 Å². The van der Waals surface area contributed by atoms with Crippen LogP contribution in [0.1, 0.15) is 40.5 Å². The molecule has 0 spiro atoms. The first-order chi connectivity index (χ1) is 8.81. The molecule has 0 radical (unpaired) electrons. The summed E-state index contributed by atoms with van der Waals surface area (Å²) in [4.78, 5) is 4.86. The maximum atomic E-state index is 3.84. The molecule has 1 rings (SSSR count). The average Bonchev–Trinajstić information content (AvgIpc) is 2.29. The number of hydrogen-bond donors (Lipinski definition) is 1. The van der Waals surface area contributed by atoms with Gasteiger partial charge in [-0.25, -0.2) is 0 Å². The van der Waals surface area contributed by atoms with Crippen LogP contribution in [0, 0.1) is 11.8 Å². The fourth-order valence-electron chi connectivity index (χ4n) is 3.13. The Bertz CT molecular complexity index is 252. The molecule has 4 atom stereocenters. The van der Waals surface area contributed by atoms with Crippen molar-refractivity contribution in [1.29, 1.82) is 0 Å². The lowest BCUT2D eigenvalue weighted by atomic mass is 9.89. The summed E-state index contributed by atoms with van der Waals surface area (Å²) < 4.78 is 0. The molecular formula is C16H35N3. The molecule has 19 heavy (non-hydrogen) atoms. The second-order valence-corrected chi connectivity index (χ2v) is 7.26. The number of nitrogens with one attached hydrogen (secondary N) is 1. The Morgan fingerprint density at radius 2 is 1.89 bits per heavy atom. The summed E-state index contributed by atoms with van der Waals surface area (Å²) in [7, 11) is 6.66. The zero-order valence-electron chi connectivity index (χ0n) is 14.1. The Hall–Kier alpha value is -0.120. The molecule has 1 heterocycles. The molecule has 0 aromatic carbocycles. The predicted octanol–water partition coefficient (Wildman–Crippen LogP) is 2.28. The van der Waals surface area contributed by atoms with E-state index in [9.17, 15) is 0 Å². The molecule has 0 aromatic rings. The van der Waals surface area contributed by atoms with Crippen LogP contribution in [0.2, 0.25) is 0 Å². The van der Waals surface area contributed by atoms with E-state index < -0.39 is 0 Å². The largest absolute Gasteiger partial charge is 0.312 e. The monoisotopic (exact) mass is 269 g/mol. The SMILES string of the molecule is CC(C)CC(CNC1CC(C)N(C)CC1C)N(C)C. The minimum atomic E-state index is 0.655. The van der Waals surface area contributed by atoms with Gasteiger partial charge in [0.2, 0.25) is 0 Å². The lowest BCUT2D eigenvalue weighted by Crippen LogP contribution is -2.53. The number of likely N-dealkylation sites (N-methyl/N-ethyl adjacent to an activating group) is 1. The van der Waals surface area contributed by atoms with Crippen LogP contribution in [-0.2, 0) is 0 Å². The number of nitrogens with zero attached hydrogens (tertiary/aromatic N) is 2. The van der Waals surface area contributed by atoms with E-state index in [2.05, 4.69) is 64.0 Å². The van der Waals surface area contributed by atoms with Crippen molar-refractivity contribution < 1.29 is 0 Å². The molecule has 0 saturated carbocycles. The van der Waals surface area contributed by atoms with E-state index in [1.54, 1.807) is 0 Å². The van der Waals surface area contributed by atoms with Crippen LogP contribution in [0.3, 0.4) is 0 Å². The summed E-state index contributed by atoms with van der Waals surface area (Å²) in [5.74, 6) is 1.52. The molecule has 114 valence electrons. The van der Waals surface area contributed by atoms with Crippen molar-refractivity contribution in [2.75, 3.05) is 34.2 Å². The molecule has 1 N–H and O–H groups in total. The molecular weight excluding hydrogens is 234 g/mol. The Morgan fingerprint density at radius 1 is 1.26 bits per heavy atom. The Morgan fingerprint density at radius 3 is 2.42 bits per heavy atom. The zero-order chi connectivity index (χ0) is 14.6. The maximum absolute atomic E-state index is 3.84. The summed E-state index contributed by atoms with van der Waals surface area (Å²) in [5.41, 5.74) is 0. The summed E-state index contributed by atoms with van der Waals surface area (Å²) in [6.45, 7) is 11.7. The van der Waals surface area contributed by atoms with Crippen LogP contribution in [0.4, 0.5) is 0 Å². The second-order valence-electron chi connectivity index (χ2n) is 7.26. The van der Waals surface area contributed by atoms with E-state index in [-0.39, 0.29) is 0 Å². The molecule has 3 nitrogen and oxygen atoms in total. The van der Waals surface area contributed by atoms with Gasteiger partial charge in [0.05, 0.1) is 0 Å². The quantitative estimate of drug-likeness (QED) is 0.798. The van der Waals surface area contributed by atoms with Crippen LogP contribution < -0.4 is 5.32 Å². The molecule has 0 bridgehead atoms. The smallest absolute Gasteiger partial charge is 0.0217 e. The summed E-state index contributed by atoms with van der Waals surface area (Å²) in [6, 6.07) is 2.04. The number of hydrogen-bond acceptors (Lipinski definition) is 3. The van der Waals surface area contributed by atoms with Crippen molar-refractivity contribution in [3.05, 3.63) is 0 Å². The summed E-state index contributed by atoms with van der Waals surface area (Å²) in [5, 5.41) is 3.84. The van der Waals surface area contributed by atoms with Crippen molar-refractivity contribution in [1.82, 2.24) is 15.1 Å². The van der Waals surface area contributed by atoms with Gasteiger partial charge in [-0.1, -0.05) is 20.8 Å². The highest BCUT2D eigenvalue weighted by atomic mass is 15.2. The molecule has 1 saturated heterocycles. The fourth-order valence-corrected chi connectivity index (χ4v) is 3.13. The van der Waals surface area contributed by atoms with Gasteiger partial charge in [-0.15, -0.1) is 0 Å². The van der Waals surface area contributed by atoms with Gasteiger partial charge in [0.15, 0.2) is 0 Å². The first-order valence-electron chi connectivity index (χ1n) is 7.91. The molecule has 1 aliphatic heterocycles. The number of rotatable bonds is 6. The highest BCUT2D eigenvalue weighted by Gasteiger charge is 2.29. The van der Waals surface area contributed by atoms with Gasteiger partial charge >= 0.3 is 0 Å². The van der Waals surface area contributed by atoms with Gasteiger partial charge < -0.3 is 15.1 Å². The third-order valence-electron chi connectivity index (χ3n) is 4.70. The van der Waals surface area contributed by atoms with Gasteiger partial charge in [-0.2, -0.15) is 0 Å². The fraction of sp³-hybridized carbons (Fsp3) is 1.00. The third kappa shape index (κ3) is 5.41. The lowest BCUT2D eigenvalue weighted by molar-refractivity contribution is 0.115. The predicted molar refractivity (Wildman–Crippen MR) is 84.6 cm³/mol. The van der Waals surface area contributed by atoms with E-state index in [0.717, 1.165) is 18.4 Å². The van der Waals surface area contributed by atoms with Gasteiger partial charge in [0.25, 0.3) is 0 Å². The Kier molecular flexibility index (Phi) is 6.78. The highest BCUT2D eigenvalue weighted by Crippen LogP contribution is 2.21. The summed E-state index contributed by atoms with van der Waals surface area (Å²) >= 11 is 0. The van der Waals surface area contributed by atoms with Gasteiger partial charge in [0, 0.05) is 31.2 Å². The molecule has 1 aliphatic rings. The number of likely N-dealkylation sites (tertiary alicyclic amines) is 1. The van der Waals surface area contributed by atoms with Crippen LogP contribution in [0.5, 0.6) is 0 Å². The standard InChI is InChI=1S/C16H35N3/c1-12(2)8-15(18(5)6)10-17-16-9-14(4)19(7)11-13(16)3/h12-17H,8-11H2,1-7H3. The van der Waals surface area contributed by atoms with Gasteiger partial charge in [-0.3, -0.25) is 0 Å². The second kappa shape index (κ2) is 7.61. The van der Waals surface area contributed by atoms with E-state index in [4.69, 9.17) is 0 Å². The normalized spacial score (nSPS) is 31.1. The van der Waals surface area contributed by atoms with Crippen LogP contribution >= 0.6 is 0 Å². The van der Waals surface area contributed by atoms with Crippen molar-refractivity contribution in [3.63, 3.8) is 0 Å². The average molecular weight is 269 g/mol. The molecule has 0 amide bonds. The Labute approximate surface area is 120 Å². The maximum Gasteiger partial charge on any atom is 0.0217 e. The molecule has 3 heteroatoms. The van der Waals surface area contributed by atoms with E-state index in [0.29, 0.717) is 18.1 Å². The minimum Gasteiger partial charge on any atom is -0.312 e. The van der Waals surface area contributed by atoms with Crippen LogP contribution in [0.15, 0.2) is 0 Å². The molecule has 4 unspecified atom stereocenters. The van der Waals surface area contributed by atoms with Crippen LogP contribution in [-0.4, -0.2) is 62.2 Å². The molecule has 0 aliphatic carbocycles. The van der Waals surface area contributed by atoms with Crippen molar-refractivity contribution in [2.24, 2.45) is 11.8 Å². The van der Waals surface area contributed by atoms with E-state index in [1.807, 2.05) is 0 Å². The van der Waals surface area contributed by atoms with Crippen molar-refractivity contribution >= 4 is 0 Å². The van der Waals surface area contributed by atoms with Crippen molar-refractivity contribution in [2.45, 2.75) is 58.7 Å². The first-order valence-corrected chi connectivity index (χ1v) is 7.91. The van der Waals surface area contributed by atoms with Gasteiger partial charge in [-0.05, 0) is 52.7 Å². The zero-order valence-corrected chi connectivity index (χ0v) is 14.1.